The first-order valence-electron chi connectivity index (χ1n) is 9.50. The fourth-order valence-electron chi connectivity index (χ4n) is 3.44. The van der Waals surface area contributed by atoms with Crippen molar-refractivity contribution in [1.29, 1.82) is 0 Å². The molecule has 1 nitrogen and oxygen atoms in total. The summed E-state index contributed by atoms with van der Waals surface area (Å²) >= 11 is 0. The Morgan fingerprint density at radius 2 is 1.47 bits per heavy atom. The number of aromatic amines is 1. The molecule has 156 valence electrons. The number of H-pyrrole nitrogens is 1. The van der Waals surface area contributed by atoms with E-state index in [1.54, 1.807) is 0 Å². The topological polar surface area (TPSA) is 15.8 Å². The summed E-state index contributed by atoms with van der Waals surface area (Å²) in [4.78, 5) is 3.28. The smallest absolute Gasteiger partial charge is 1.00 e. The van der Waals surface area contributed by atoms with E-state index >= 15 is 0 Å². The van der Waals surface area contributed by atoms with Gasteiger partial charge in [0.2, 0.25) is 0 Å². The first kappa shape index (κ1) is 28.9. The predicted octanol–water partition coefficient (Wildman–Crippen LogP) is -0.737. The number of nitrogens with one attached hydrogen (secondary N) is 1. The second-order valence-electron chi connectivity index (χ2n) is 9.23. The molecule has 4 heteroatoms. The zero-order chi connectivity index (χ0) is 19.8. The molecular formula is C26H29Cl2NZr. The quantitative estimate of drug-likeness (QED) is 0.379. The molecule has 0 atom stereocenters. The SMILES string of the molecule is C=C1[C-]=c2ccccc2=C1.CC(C)(C)c1[c-][nH]c2cccc(C(C)(C)C)c12.[Cl-].[Cl-].[Zr+4]. The van der Waals surface area contributed by atoms with Crippen LogP contribution in [-0.2, 0) is 37.0 Å². The fraction of sp³-hybridized carbons (Fsp3) is 0.308. The molecule has 1 aromatic heterocycles. The van der Waals surface area contributed by atoms with Gasteiger partial charge in [-0.2, -0.15) is 6.58 Å². The molecule has 30 heavy (non-hydrogen) atoms. The molecule has 0 unspecified atom stereocenters. The molecule has 0 aliphatic heterocycles. The molecule has 1 aliphatic rings. The molecule has 0 saturated carbocycles. The molecule has 0 radical (unpaired) electrons. The molecular weight excluding hydrogens is 488 g/mol. The molecule has 0 bridgehead atoms. The second kappa shape index (κ2) is 11.0. The Labute approximate surface area is 212 Å². The number of hydrogen-bond acceptors (Lipinski definition) is 0. The minimum absolute atomic E-state index is 0. The van der Waals surface area contributed by atoms with Gasteiger partial charge in [0.15, 0.2) is 0 Å². The van der Waals surface area contributed by atoms with Gasteiger partial charge in [0.1, 0.15) is 0 Å². The van der Waals surface area contributed by atoms with Crippen LogP contribution >= 0.6 is 0 Å². The molecule has 1 aliphatic carbocycles. The van der Waals surface area contributed by atoms with E-state index in [2.05, 4.69) is 89.6 Å². The van der Waals surface area contributed by atoms with Gasteiger partial charge in [-0.3, -0.25) is 0 Å². The van der Waals surface area contributed by atoms with Gasteiger partial charge >= 0.3 is 26.2 Å². The van der Waals surface area contributed by atoms with Gasteiger partial charge in [-0.05, 0) is 10.8 Å². The van der Waals surface area contributed by atoms with Crippen LogP contribution in [0.3, 0.4) is 0 Å². The normalized spacial score (nSPS) is 12.1. The van der Waals surface area contributed by atoms with E-state index in [1.807, 2.05) is 24.3 Å². The summed E-state index contributed by atoms with van der Waals surface area (Å²) in [6, 6.07) is 14.6. The van der Waals surface area contributed by atoms with Crippen LogP contribution in [0.4, 0.5) is 0 Å². The summed E-state index contributed by atoms with van der Waals surface area (Å²) in [6.07, 6.45) is 8.53. The van der Waals surface area contributed by atoms with E-state index in [9.17, 15) is 0 Å². The standard InChI is InChI=1S/C16H22N.C10H7.2ClH.Zr/c1-15(2,3)11-8-7-9-13-14(11)12(10-17-13)16(4,5)6;1-8-6-9-4-2-3-5-10(9)7-8;;;/h7-9,17H,1-6H3;2-6H,1H2;2*1H;/q2*-1;;;+4/p-2. The van der Waals surface area contributed by atoms with Crippen LogP contribution in [0, 0.1) is 6.20 Å². The molecule has 0 amide bonds. The number of aromatic nitrogens is 1. The summed E-state index contributed by atoms with van der Waals surface area (Å²) in [5, 5.41) is 3.74. The Balaban J connectivity index is 0.000000561. The van der Waals surface area contributed by atoms with Crippen molar-refractivity contribution in [2.45, 2.75) is 52.4 Å². The third kappa shape index (κ3) is 6.46. The maximum atomic E-state index is 3.80. The van der Waals surface area contributed by atoms with Crippen molar-refractivity contribution < 1.29 is 51.0 Å². The third-order valence-electron chi connectivity index (χ3n) is 4.78. The fourth-order valence-corrected chi connectivity index (χ4v) is 3.44. The maximum absolute atomic E-state index is 3.80. The minimum Gasteiger partial charge on any atom is -1.00 e. The predicted molar refractivity (Wildman–Crippen MR) is 117 cm³/mol. The molecule has 0 saturated heterocycles. The van der Waals surface area contributed by atoms with Crippen LogP contribution in [0.5, 0.6) is 0 Å². The average molecular weight is 518 g/mol. The van der Waals surface area contributed by atoms with Crippen molar-refractivity contribution in [3.8, 4) is 0 Å². The Bertz CT molecular complexity index is 1080. The first-order valence-corrected chi connectivity index (χ1v) is 9.50. The van der Waals surface area contributed by atoms with Crippen LogP contribution in [-0.4, -0.2) is 4.98 Å². The molecule has 0 fully saturated rings. The van der Waals surface area contributed by atoms with E-state index in [0.29, 0.717) is 0 Å². The average Bonchev–Trinajstić information content (AvgIpc) is 3.15. The number of benzene rings is 2. The van der Waals surface area contributed by atoms with E-state index in [0.717, 1.165) is 10.8 Å². The Morgan fingerprint density at radius 3 is 2.03 bits per heavy atom. The summed E-state index contributed by atoms with van der Waals surface area (Å²) in [7, 11) is 0. The Kier molecular flexibility index (Phi) is 10.6. The maximum Gasteiger partial charge on any atom is 4.00 e. The summed E-state index contributed by atoms with van der Waals surface area (Å²) in [5.41, 5.74) is 5.15. The van der Waals surface area contributed by atoms with E-state index in [1.165, 1.54) is 27.2 Å². The van der Waals surface area contributed by atoms with E-state index in [4.69, 9.17) is 0 Å². The van der Waals surface area contributed by atoms with Crippen molar-refractivity contribution >= 4 is 23.1 Å². The molecule has 2 aromatic carbocycles. The van der Waals surface area contributed by atoms with Gasteiger partial charge in [0, 0.05) is 0 Å². The van der Waals surface area contributed by atoms with Gasteiger partial charge in [-0.25, -0.2) is 0 Å². The van der Waals surface area contributed by atoms with Gasteiger partial charge in [0.05, 0.1) is 0 Å². The van der Waals surface area contributed by atoms with Crippen molar-refractivity contribution in [3.05, 3.63) is 82.4 Å². The Hall–Kier alpha value is -1.08. The van der Waals surface area contributed by atoms with Crippen molar-refractivity contribution in [2.75, 3.05) is 0 Å². The summed E-state index contributed by atoms with van der Waals surface area (Å²) in [5.74, 6) is 0. The van der Waals surface area contributed by atoms with Crippen LogP contribution in [0.2, 0.25) is 0 Å². The van der Waals surface area contributed by atoms with Crippen LogP contribution in [0.25, 0.3) is 23.1 Å². The Morgan fingerprint density at radius 1 is 0.833 bits per heavy atom. The number of allylic oxidation sites excluding steroid dienone is 1. The van der Waals surface area contributed by atoms with Crippen LogP contribution in [0.15, 0.2) is 54.6 Å². The zero-order valence-electron chi connectivity index (χ0n) is 18.6. The van der Waals surface area contributed by atoms with E-state index < -0.39 is 0 Å². The zero-order valence-corrected chi connectivity index (χ0v) is 22.6. The van der Waals surface area contributed by atoms with Gasteiger partial charge in [0.25, 0.3) is 0 Å². The van der Waals surface area contributed by atoms with Crippen molar-refractivity contribution in [1.82, 2.24) is 4.98 Å². The number of hydrogen-bond donors (Lipinski definition) is 1. The third-order valence-corrected chi connectivity index (χ3v) is 4.78. The van der Waals surface area contributed by atoms with Crippen LogP contribution in [0.1, 0.15) is 52.7 Å². The molecule has 1 heterocycles. The van der Waals surface area contributed by atoms with Gasteiger partial charge in [-0.1, -0.05) is 77.4 Å². The van der Waals surface area contributed by atoms with Crippen molar-refractivity contribution in [3.63, 3.8) is 0 Å². The molecule has 0 spiro atoms. The second-order valence-corrected chi connectivity index (χ2v) is 9.23. The van der Waals surface area contributed by atoms with E-state index in [-0.39, 0.29) is 61.8 Å². The monoisotopic (exact) mass is 515 g/mol. The summed E-state index contributed by atoms with van der Waals surface area (Å²) < 4.78 is 0. The number of rotatable bonds is 0. The largest absolute Gasteiger partial charge is 4.00 e. The number of halogens is 2. The van der Waals surface area contributed by atoms with Gasteiger partial charge in [-0.15, -0.1) is 63.0 Å². The van der Waals surface area contributed by atoms with Gasteiger partial charge < -0.3 is 29.8 Å². The van der Waals surface area contributed by atoms with Crippen molar-refractivity contribution in [2.24, 2.45) is 0 Å². The minimum atomic E-state index is 0. The molecule has 4 rings (SSSR count). The molecule has 1 N–H and O–H groups in total. The molecule has 3 aromatic rings. The number of fused-ring (bicyclic) bond motifs is 2. The first-order chi connectivity index (χ1) is 12.6. The van der Waals surface area contributed by atoms with Crippen LogP contribution < -0.4 is 35.3 Å². The summed E-state index contributed by atoms with van der Waals surface area (Å²) in [6.45, 7) is 17.3.